The summed E-state index contributed by atoms with van der Waals surface area (Å²) in [5.41, 5.74) is 10.0. The number of rotatable bonds is 0. The Hall–Kier alpha value is -3.65. The fourth-order valence-corrected chi connectivity index (χ4v) is 5.03. The summed E-state index contributed by atoms with van der Waals surface area (Å²) in [7, 11) is 0. The molecule has 28 heavy (non-hydrogen) atoms. The summed E-state index contributed by atoms with van der Waals surface area (Å²) < 4.78 is 2.34. The van der Waals surface area contributed by atoms with Crippen molar-refractivity contribution in [3.63, 3.8) is 0 Å². The van der Waals surface area contributed by atoms with Crippen LogP contribution in [0.1, 0.15) is 11.1 Å². The molecular weight excluding hydrogens is 340 g/mol. The number of aromatic nitrogens is 2. The number of hydrogen-bond donors (Lipinski definition) is 0. The summed E-state index contributed by atoms with van der Waals surface area (Å²) in [6.07, 6.45) is 0.972. The molecule has 0 atom stereocenters. The number of hydrogen-bond acceptors (Lipinski definition) is 1. The number of pyridine rings is 1. The van der Waals surface area contributed by atoms with Crippen molar-refractivity contribution in [2.24, 2.45) is 0 Å². The summed E-state index contributed by atoms with van der Waals surface area (Å²) in [5.74, 6) is 0. The Bertz CT molecular complexity index is 1590. The van der Waals surface area contributed by atoms with Crippen LogP contribution in [0.5, 0.6) is 0 Å². The van der Waals surface area contributed by atoms with Gasteiger partial charge in [-0.1, -0.05) is 66.7 Å². The highest BCUT2D eigenvalue weighted by Gasteiger charge is 2.23. The number of nitrogens with zero attached hydrogens (tertiary/aromatic N) is 2. The van der Waals surface area contributed by atoms with Gasteiger partial charge >= 0.3 is 0 Å². The van der Waals surface area contributed by atoms with E-state index in [-0.39, 0.29) is 0 Å². The summed E-state index contributed by atoms with van der Waals surface area (Å²) in [6.45, 7) is 0. The molecule has 0 amide bonds. The van der Waals surface area contributed by atoms with Crippen molar-refractivity contribution in [2.45, 2.75) is 6.42 Å². The molecule has 2 heterocycles. The van der Waals surface area contributed by atoms with Crippen LogP contribution in [0.4, 0.5) is 0 Å². The molecule has 4 aromatic carbocycles. The van der Waals surface area contributed by atoms with Crippen molar-refractivity contribution in [3.8, 4) is 11.1 Å². The van der Waals surface area contributed by atoms with Gasteiger partial charge in [-0.05, 0) is 52.3 Å². The van der Waals surface area contributed by atoms with Crippen LogP contribution >= 0.6 is 0 Å². The average Bonchev–Trinajstić information content (AvgIpc) is 3.32. The van der Waals surface area contributed by atoms with Gasteiger partial charge in [-0.15, -0.1) is 0 Å². The first-order valence-corrected chi connectivity index (χ1v) is 9.72. The minimum atomic E-state index is 0.972. The molecule has 130 valence electrons. The first kappa shape index (κ1) is 14.4. The normalized spacial score (nSPS) is 12.9. The van der Waals surface area contributed by atoms with Crippen LogP contribution in [0, 0.1) is 0 Å². The third-order valence-electron chi connectivity index (χ3n) is 6.21. The molecule has 0 N–H and O–H groups in total. The van der Waals surface area contributed by atoms with E-state index >= 15 is 0 Å². The second-order valence-electron chi connectivity index (χ2n) is 7.62. The Balaban J connectivity index is 1.79. The lowest BCUT2D eigenvalue weighted by molar-refractivity contribution is 1.27. The maximum Gasteiger partial charge on any atom is 0.146 e. The molecule has 1 aliphatic rings. The van der Waals surface area contributed by atoms with E-state index in [0.717, 1.165) is 17.6 Å². The van der Waals surface area contributed by atoms with Gasteiger partial charge in [-0.2, -0.15) is 0 Å². The number of fused-ring (bicyclic) bond motifs is 12. The summed E-state index contributed by atoms with van der Waals surface area (Å²) in [4.78, 5) is 5.10. The second-order valence-corrected chi connectivity index (χ2v) is 7.62. The summed E-state index contributed by atoms with van der Waals surface area (Å²) >= 11 is 0. The highest BCUT2D eigenvalue weighted by Crippen LogP contribution is 2.43. The highest BCUT2D eigenvalue weighted by molar-refractivity contribution is 6.16. The Kier molecular flexibility index (Phi) is 2.57. The van der Waals surface area contributed by atoms with E-state index in [0.29, 0.717) is 0 Å². The van der Waals surface area contributed by atoms with E-state index in [4.69, 9.17) is 4.98 Å². The third kappa shape index (κ3) is 1.66. The van der Waals surface area contributed by atoms with Crippen molar-refractivity contribution in [1.82, 2.24) is 9.38 Å². The summed E-state index contributed by atoms with van der Waals surface area (Å²) in [6, 6.07) is 30.5. The quantitative estimate of drug-likeness (QED) is 0.289. The molecule has 0 bridgehead atoms. The minimum absolute atomic E-state index is 0.972. The van der Waals surface area contributed by atoms with Gasteiger partial charge in [0.15, 0.2) is 0 Å². The van der Waals surface area contributed by atoms with Gasteiger partial charge in [0, 0.05) is 10.8 Å². The van der Waals surface area contributed by atoms with E-state index in [2.05, 4.69) is 89.3 Å². The summed E-state index contributed by atoms with van der Waals surface area (Å²) in [5, 5.41) is 3.88. The number of para-hydroxylation sites is 3. The lowest BCUT2D eigenvalue weighted by Crippen LogP contribution is -1.94. The van der Waals surface area contributed by atoms with Crippen LogP contribution < -0.4 is 0 Å². The second kappa shape index (κ2) is 4.99. The smallest absolute Gasteiger partial charge is 0.146 e. The first-order valence-electron chi connectivity index (χ1n) is 9.72. The molecule has 0 saturated carbocycles. The van der Waals surface area contributed by atoms with Crippen LogP contribution in [-0.2, 0) is 6.42 Å². The fourth-order valence-electron chi connectivity index (χ4n) is 5.03. The van der Waals surface area contributed by atoms with Gasteiger partial charge in [-0.3, -0.25) is 4.40 Å². The Morgan fingerprint density at radius 2 is 1.43 bits per heavy atom. The van der Waals surface area contributed by atoms with Crippen molar-refractivity contribution < 1.29 is 0 Å². The van der Waals surface area contributed by atoms with Gasteiger partial charge in [-0.25, -0.2) is 4.98 Å². The van der Waals surface area contributed by atoms with Gasteiger partial charge in [0.25, 0.3) is 0 Å². The van der Waals surface area contributed by atoms with Gasteiger partial charge in [0.1, 0.15) is 5.65 Å². The van der Waals surface area contributed by atoms with Crippen molar-refractivity contribution >= 4 is 38.4 Å². The average molecular weight is 356 g/mol. The van der Waals surface area contributed by atoms with Crippen LogP contribution in [-0.4, -0.2) is 9.38 Å². The van der Waals surface area contributed by atoms with Gasteiger partial charge < -0.3 is 0 Å². The van der Waals surface area contributed by atoms with E-state index in [1.807, 2.05) is 0 Å². The van der Waals surface area contributed by atoms with Crippen molar-refractivity contribution in [1.29, 1.82) is 0 Å². The maximum absolute atomic E-state index is 5.10. The first-order chi connectivity index (χ1) is 13.9. The van der Waals surface area contributed by atoms with Crippen LogP contribution in [0.2, 0.25) is 0 Å². The predicted octanol–water partition coefficient (Wildman–Crippen LogP) is 6.37. The molecular formula is C26H16N2. The maximum atomic E-state index is 5.10. The minimum Gasteiger partial charge on any atom is -0.292 e. The molecule has 0 spiro atoms. The SMILES string of the molecule is c1ccc2c(c1)Cc1c-2ccc2c3ccccc3n3c4ccccc4nc3c12. The Morgan fingerprint density at radius 3 is 2.39 bits per heavy atom. The van der Waals surface area contributed by atoms with Crippen molar-refractivity contribution in [2.75, 3.05) is 0 Å². The Labute approximate surface area is 161 Å². The van der Waals surface area contributed by atoms with Crippen LogP contribution in [0.25, 0.3) is 49.5 Å². The molecule has 0 fully saturated rings. The zero-order valence-corrected chi connectivity index (χ0v) is 15.2. The molecule has 0 aliphatic heterocycles. The van der Waals surface area contributed by atoms with E-state index < -0.39 is 0 Å². The van der Waals surface area contributed by atoms with Crippen LogP contribution in [0.15, 0.2) is 84.9 Å². The molecule has 2 heteroatoms. The van der Waals surface area contributed by atoms with Gasteiger partial charge in [0.05, 0.1) is 16.6 Å². The molecule has 2 aromatic heterocycles. The zero-order valence-electron chi connectivity index (χ0n) is 15.2. The van der Waals surface area contributed by atoms with E-state index in [1.54, 1.807) is 0 Å². The van der Waals surface area contributed by atoms with Crippen LogP contribution in [0.3, 0.4) is 0 Å². The largest absolute Gasteiger partial charge is 0.292 e. The van der Waals surface area contributed by atoms with Gasteiger partial charge in [0.2, 0.25) is 0 Å². The molecule has 2 nitrogen and oxygen atoms in total. The Morgan fingerprint density at radius 1 is 0.643 bits per heavy atom. The van der Waals surface area contributed by atoms with E-state index in [1.165, 1.54) is 49.4 Å². The zero-order chi connectivity index (χ0) is 18.2. The molecule has 0 radical (unpaired) electrons. The molecule has 6 aromatic rings. The number of benzene rings is 4. The monoisotopic (exact) mass is 356 g/mol. The fraction of sp³-hybridized carbons (Fsp3) is 0.0385. The molecule has 0 saturated heterocycles. The highest BCUT2D eigenvalue weighted by atomic mass is 15.0. The number of imidazole rings is 1. The third-order valence-corrected chi connectivity index (χ3v) is 6.21. The molecule has 0 unspecified atom stereocenters. The van der Waals surface area contributed by atoms with E-state index in [9.17, 15) is 0 Å². The molecule has 1 aliphatic carbocycles. The van der Waals surface area contributed by atoms with Crippen molar-refractivity contribution in [3.05, 3.63) is 96.1 Å². The standard InChI is InChI=1S/C26H16N2/c1-2-8-17-16(7-1)15-21-18(17)13-14-20-19-9-3-5-11-23(19)28-24-12-6-4-10-22(24)27-26(28)25(20)21/h1-14H,15H2. The predicted molar refractivity (Wildman–Crippen MR) is 116 cm³/mol. The lowest BCUT2D eigenvalue weighted by Gasteiger charge is -2.12. The molecule has 7 rings (SSSR count). The lowest BCUT2D eigenvalue weighted by atomic mass is 9.97. The topological polar surface area (TPSA) is 17.3 Å².